The summed E-state index contributed by atoms with van der Waals surface area (Å²) in [7, 11) is 0. The summed E-state index contributed by atoms with van der Waals surface area (Å²) in [6.07, 6.45) is 3.96. The minimum atomic E-state index is 0.375. The van der Waals surface area contributed by atoms with Crippen LogP contribution in [0.3, 0.4) is 0 Å². The molecule has 3 aliphatic rings. The van der Waals surface area contributed by atoms with Gasteiger partial charge >= 0.3 is 0 Å². The maximum absolute atomic E-state index is 6.26. The summed E-state index contributed by atoms with van der Waals surface area (Å²) >= 11 is 0. The lowest BCUT2D eigenvalue weighted by molar-refractivity contribution is -0.0259. The lowest BCUT2D eigenvalue weighted by Crippen LogP contribution is -2.48. The molecule has 1 aromatic heterocycles. The van der Waals surface area contributed by atoms with Crippen molar-refractivity contribution in [2.24, 2.45) is 5.92 Å². The molecule has 0 bridgehead atoms. The molecular weight excluding hydrogens is 304 g/mol. The Labute approximate surface area is 144 Å². The van der Waals surface area contributed by atoms with Crippen molar-refractivity contribution in [3.05, 3.63) is 23.7 Å². The number of hydrogen-bond acceptors (Lipinski definition) is 5. The van der Waals surface area contributed by atoms with Gasteiger partial charge in [0.15, 0.2) is 0 Å². The molecule has 0 aliphatic carbocycles. The van der Waals surface area contributed by atoms with Crippen LogP contribution in [0.1, 0.15) is 30.8 Å². The van der Waals surface area contributed by atoms with Crippen molar-refractivity contribution in [1.29, 1.82) is 0 Å². The van der Waals surface area contributed by atoms with E-state index in [9.17, 15) is 0 Å². The Morgan fingerprint density at radius 2 is 1.92 bits per heavy atom. The number of furan rings is 1. The number of ether oxygens (including phenoxy) is 2. The first-order valence-electron chi connectivity index (χ1n) is 9.49. The number of hydrogen-bond donors (Lipinski definition) is 0. The predicted molar refractivity (Wildman–Crippen MR) is 92.0 cm³/mol. The van der Waals surface area contributed by atoms with Gasteiger partial charge in [-0.05, 0) is 44.9 Å². The number of likely N-dealkylation sites (tertiary alicyclic amines) is 1. The highest BCUT2D eigenvalue weighted by atomic mass is 16.5. The molecule has 0 N–H and O–H groups in total. The van der Waals surface area contributed by atoms with E-state index in [1.807, 2.05) is 6.92 Å². The molecule has 0 unspecified atom stereocenters. The van der Waals surface area contributed by atoms with E-state index in [4.69, 9.17) is 13.9 Å². The van der Waals surface area contributed by atoms with Crippen LogP contribution >= 0.6 is 0 Å². The minimum Gasteiger partial charge on any atom is -0.465 e. The highest BCUT2D eigenvalue weighted by Gasteiger charge is 2.35. The van der Waals surface area contributed by atoms with Crippen LogP contribution in [0.2, 0.25) is 0 Å². The van der Waals surface area contributed by atoms with Crippen LogP contribution in [0, 0.1) is 12.8 Å². The molecular formula is C19H30N2O3. The van der Waals surface area contributed by atoms with Gasteiger partial charge < -0.3 is 13.9 Å². The van der Waals surface area contributed by atoms with Crippen molar-refractivity contribution >= 4 is 0 Å². The predicted octanol–water partition coefficient (Wildman–Crippen LogP) is 2.29. The molecule has 0 radical (unpaired) electrons. The van der Waals surface area contributed by atoms with Gasteiger partial charge in [0, 0.05) is 44.8 Å². The van der Waals surface area contributed by atoms with E-state index in [1.54, 1.807) is 0 Å². The molecule has 24 heavy (non-hydrogen) atoms. The van der Waals surface area contributed by atoms with E-state index in [2.05, 4.69) is 21.9 Å². The van der Waals surface area contributed by atoms with Crippen molar-refractivity contribution in [2.45, 2.75) is 44.9 Å². The van der Waals surface area contributed by atoms with Crippen LogP contribution in [-0.2, 0) is 16.0 Å². The second-order valence-electron chi connectivity index (χ2n) is 7.54. The highest BCUT2D eigenvalue weighted by Crippen LogP contribution is 2.27. The Morgan fingerprint density at radius 3 is 2.71 bits per heavy atom. The number of nitrogens with zero attached hydrogens (tertiary/aromatic N) is 2. The summed E-state index contributed by atoms with van der Waals surface area (Å²) in [5, 5.41) is 0. The smallest absolute Gasteiger partial charge is 0.118 e. The number of piperidine rings is 1. The molecule has 3 aliphatic heterocycles. The molecule has 0 saturated carbocycles. The first-order chi connectivity index (χ1) is 11.8. The molecule has 3 saturated heterocycles. The van der Waals surface area contributed by atoms with Gasteiger partial charge in [-0.15, -0.1) is 0 Å². The third-order valence-electron chi connectivity index (χ3n) is 5.84. The van der Waals surface area contributed by atoms with Crippen molar-refractivity contribution < 1.29 is 13.9 Å². The number of fused-ring (bicyclic) bond motifs is 1. The average Bonchev–Trinajstić information content (AvgIpc) is 2.89. The largest absolute Gasteiger partial charge is 0.465 e. The fourth-order valence-electron chi connectivity index (χ4n) is 4.46. The summed E-state index contributed by atoms with van der Waals surface area (Å²) in [6.45, 7) is 10.1. The maximum atomic E-state index is 6.26. The lowest BCUT2D eigenvalue weighted by Gasteiger charge is -2.39. The van der Waals surface area contributed by atoms with Crippen LogP contribution in [0.15, 0.2) is 16.5 Å². The SMILES string of the molecule is Cc1ccc(CN2CC[C@H]3CN(C4CCOCC4)CCO[C@H]3C2)o1. The monoisotopic (exact) mass is 334 g/mol. The van der Waals surface area contributed by atoms with Crippen LogP contribution in [0.4, 0.5) is 0 Å². The molecule has 0 aromatic carbocycles. The zero-order valence-electron chi connectivity index (χ0n) is 14.8. The Hall–Kier alpha value is -0.880. The zero-order chi connectivity index (χ0) is 16.4. The quantitative estimate of drug-likeness (QED) is 0.848. The van der Waals surface area contributed by atoms with Gasteiger partial charge in [-0.3, -0.25) is 9.80 Å². The van der Waals surface area contributed by atoms with Crippen molar-refractivity contribution in [2.75, 3.05) is 46.0 Å². The summed E-state index contributed by atoms with van der Waals surface area (Å²) in [4.78, 5) is 5.17. The Bertz CT molecular complexity index is 526. The van der Waals surface area contributed by atoms with Gasteiger partial charge in [0.25, 0.3) is 0 Å². The van der Waals surface area contributed by atoms with Crippen LogP contribution in [0.25, 0.3) is 0 Å². The molecule has 5 heteroatoms. The highest BCUT2D eigenvalue weighted by molar-refractivity contribution is 5.05. The van der Waals surface area contributed by atoms with E-state index >= 15 is 0 Å². The first kappa shape index (κ1) is 16.6. The van der Waals surface area contributed by atoms with Gasteiger partial charge in [-0.25, -0.2) is 0 Å². The van der Waals surface area contributed by atoms with Crippen LogP contribution in [0.5, 0.6) is 0 Å². The van der Waals surface area contributed by atoms with Crippen molar-refractivity contribution in [1.82, 2.24) is 9.80 Å². The average molecular weight is 334 g/mol. The molecule has 0 spiro atoms. The molecule has 4 heterocycles. The van der Waals surface area contributed by atoms with E-state index < -0.39 is 0 Å². The van der Waals surface area contributed by atoms with E-state index in [-0.39, 0.29) is 0 Å². The summed E-state index contributed by atoms with van der Waals surface area (Å²) in [6, 6.07) is 4.85. The van der Waals surface area contributed by atoms with Gasteiger partial charge in [0.2, 0.25) is 0 Å². The van der Waals surface area contributed by atoms with Crippen LogP contribution in [-0.4, -0.2) is 67.9 Å². The summed E-state index contributed by atoms with van der Waals surface area (Å²) < 4.78 is 17.5. The Morgan fingerprint density at radius 1 is 1.04 bits per heavy atom. The molecule has 134 valence electrons. The minimum absolute atomic E-state index is 0.375. The molecule has 4 rings (SSSR count). The van der Waals surface area contributed by atoms with Gasteiger partial charge in [-0.1, -0.05) is 0 Å². The standard InChI is InChI=1S/C19H30N2O3/c1-15-2-3-18(24-15)13-20-7-4-16-12-21(8-11-23-19(16)14-20)17-5-9-22-10-6-17/h2-3,16-17,19H,4-14H2,1H3/t16-,19-/m0/s1. The molecule has 2 atom stereocenters. The molecule has 0 amide bonds. The van der Waals surface area contributed by atoms with E-state index in [1.165, 1.54) is 25.8 Å². The molecule has 3 fully saturated rings. The maximum Gasteiger partial charge on any atom is 0.118 e. The first-order valence-corrected chi connectivity index (χ1v) is 9.49. The molecule has 1 aromatic rings. The topological polar surface area (TPSA) is 38.1 Å². The van der Waals surface area contributed by atoms with Gasteiger partial charge in [-0.2, -0.15) is 0 Å². The third kappa shape index (κ3) is 3.85. The molecule has 5 nitrogen and oxygen atoms in total. The van der Waals surface area contributed by atoms with E-state index in [0.29, 0.717) is 18.1 Å². The zero-order valence-corrected chi connectivity index (χ0v) is 14.8. The second kappa shape index (κ2) is 7.56. The van der Waals surface area contributed by atoms with Gasteiger partial charge in [0.05, 0.1) is 19.3 Å². The van der Waals surface area contributed by atoms with E-state index in [0.717, 1.165) is 57.5 Å². The number of rotatable bonds is 3. The summed E-state index contributed by atoms with van der Waals surface area (Å²) in [5.41, 5.74) is 0. The Kier molecular flexibility index (Phi) is 5.22. The number of aryl methyl sites for hydroxylation is 1. The lowest BCUT2D eigenvalue weighted by atomic mass is 9.92. The summed E-state index contributed by atoms with van der Waals surface area (Å²) in [5.74, 6) is 2.74. The Balaban J connectivity index is 1.33. The second-order valence-corrected chi connectivity index (χ2v) is 7.54. The van der Waals surface area contributed by atoms with Crippen LogP contribution < -0.4 is 0 Å². The van der Waals surface area contributed by atoms with Crippen molar-refractivity contribution in [3.63, 3.8) is 0 Å². The van der Waals surface area contributed by atoms with Crippen molar-refractivity contribution in [3.8, 4) is 0 Å². The fraction of sp³-hybridized carbons (Fsp3) is 0.789. The third-order valence-corrected chi connectivity index (χ3v) is 5.84. The van der Waals surface area contributed by atoms with Gasteiger partial charge in [0.1, 0.15) is 11.5 Å². The fourth-order valence-corrected chi connectivity index (χ4v) is 4.46. The normalized spacial score (nSPS) is 30.9.